The minimum absolute atomic E-state index is 0.208. The van der Waals surface area contributed by atoms with Gasteiger partial charge in [0.05, 0.1) is 5.92 Å². The van der Waals surface area contributed by atoms with Crippen molar-refractivity contribution in [3.05, 3.63) is 0 Å². The third-order valence-corrected chi connectivity index (χ3v) is 4.03. The molecule has 1 rings (SSSR count). The number of nitrogens with zero attached hydrogens (tertiary/aromatic N) is 1. The number of amides is 1. The lowest BCUT2D eigenvalue weighted by atomic mass is 9.97. The summed E-state index contributed by atoms with van der Waals surface area (Å²) in [5, 5.41) is 3.08. The second-order valence-corrected chi connectivity index (χ2v) is 5.84. The van der Waals surface area contributed by atoms with Crippen LogP contribution < -0.4 is 5.32 Å². The van der Waals surface area contributed by atoms with Crippen molar-refractivity contribution in [3.63, 3.8) is 0 Å². The Morgan fingerprint density at radius 3 is 2.90 bits per heavy atom. The molecule has 0 saturated carbocycles. The quantitative estimate of drug-likeness (QED) is 0.627. The Balaban J connectivity index is 2.15. The molecule has 0 aromatic rings. The van der Waals surface area contributed by atoms with Gasteiger partial charge in [-0.3, -0.25) is 4.79 Å². The molecule has 1 aliphatic rings. The number of rotatable bonds is 10. The van der Waals surface area contributed by atoms with Gasteiger partial charge in [-0.1, -0.05) is 13.3 Å². The van der Waals surface area contributed by atoms with Gasteiger partial charge in [0.25, 0.3) is 0 Å². The molecule has 1 aliphatic heterocycles. The lowest BCUT2D eigenvalue weighted by Crippen LogP contribution is -2.43. The molecular weight excluding hydrogens is 252 g/mol. The number of piperidine rings is 1. The molecule has 1 amide bonds. The topological polar surface area (TPSA) is 41.6 Å². The van der Waals surface area contributed by atoms with E-state index < -0.39 is 0 Å². The van der Waals surface area contributed by atoms with Crippen molar-refractivity contribution >= 4 is 5.91 Å². The first-order valence-corrected chi connectivity index (χ1v) is 8.27. The van der Waals surface area contributed by atoms with E-state index in [4.69, 9.17) is 4.74 Å². The van der Waals surface area contributed by atoms with E-state index >= 15 is 0 Å². The minimum Gasteiger partial charge on any atom is -0.385 e. The number of ether oxygens (including phenoxy) is 1. The van der Waals surface area contributed by atoms with E-state index in [0.717, 1.165) is 64.9 Å². The molecule has 1 N–H and O–H groups in total. The van der Waals surface area contributed by atoms with E-state index in [1.807, 2.05) is 0 Å². The van der Waals surface area contributed by atoms with E-state index in [2.05, 4.69) is 17.1 Å². The van der Waals surface area contributed by atoms with Gasteiger partial charge in [0, 0.05) is 26.8 Å². The average Bonchev–Trinajstić information content (AvgIpc) is 2.47. The Kier molecular flexibility index (Phi) is 9.67. The summed E-state index contributed by atoms with van der Waals surface area (Å²) in [5.74, 6) is 0.474. The molecule has 0 bridgehead atoms. The summed E-state index contributed by atoms with van der Waals surface area (Å²) in [5.41, 5.74) is 0. The zero-order valence-electron chi connectivity index (χ0n) is 13.3. The average molecular weight is 284 g/mol. The van der Waals surface area contributed by atoms with Crippen molar-refractivity contribution < 1.29 is 9.53 Å². The van der Waals surface area contributed by atoms with Crippen LogP contribution in [0.3, 0.4) is 0 Å². The standard InChI is InChI=1S/C16H32N2O2/c1-3-4-10-17-16(19)15-9-8-12-18(14-15)11-6-5-7-13-20-2/h15H,3-14H2,1-2H3,(H,17,19). The highest BCUT2D eigenvalue weighted by Gasteiger charge is 2.24. The molecule has 0 spiro atoms. The Morgan fingerprint density at radius 1 is 1.30 bits per heavy atom. The van der Waals surface area contributed by atoms with Gasteiger partial charge in [-0.2, -0.15) is 0 Å². The van der Waals surface area contributed by atoms with Gasteiger partial charge in [-0.15, -0.1) is 0 Å². The molecule has 4 heteroatoms. The molecule has 20 heavy (non-hydrogen) atoms. The Hall–Kier alpha value is -0.610. The van der Waals surface area contributed by atoms with Gasteiger partial charge in [0.1, 0.15) is 0 Å². The van der Waals surface area contributed by atoms with Crippen molar-refractivity contribution in [1.82, 2.24) is 10.2 Å². The Bertz CT molecular complexity index is 259. The van der Waals surface area contributed by atoms with E-state index in [1.165, 1.54) is 12.8 Å². The van der Waals surface area contributed by atoms with Crippen LogP contribution in [0.25, 0.3) is 0 Å². The summed E-state index contributed by atoms with van der Waals surface area (Å²) < 4.78 is 5.06. The predicted octanol–water partition coefficient (Wildman–Crippen LogP) is 2.43. The smallest absolute Gasteiger partial charge is 0.224 e. The fourth-order valence-corrected chi connectivity index (χ4v) is 2.76. The summed E-state index contributed by atoms with van der Waals surface area (Å²) in [7, 11) is 1.76. The molecule has 1 atom stereocenters. The molecule has 0 radical (unpaired) electrons. The van der Waals surface area contributed by atoms with Crippen LogP contribution in [0.1, 0.15) is 51.9 Å². The maximum absolute atomic E-state index is 12.1. The number of nitrogens with one attached hydrogen (secondary N) is 1. The molecule has 1 saturated heterocycles. The van der Waals surface area contributed by atoms with Crippen LogP contribution in [-0.4, -0.2) is 50.7 Å². The number of carbonyl (C=O) groups excluding carboxylic acids is 1. The number of hydrogen-bond acceptors (Lipinski definition) is 3. The predicted molar refractivity (Wildman–Crippen MR) is 82.8 cm³/mol. The Morgan fingerprint density at radius 2 is 2.15 bits per heavy atom. The maximum atomic E-state index is 12.1. The number of unbranched alkanes of at least 4 members (excludes halogenated alkanes) is 3. The molecule has 0 aliphatic carbocycles. The van der Waals surface area contributed by atoms with Crippen LogP contribution in [-0.2, 0) is 9.53 Å². The van der Waals surface area contributed by atoms with Gasteiger partial charge in [-0.05, 0) is 51.6 Å². The second-order valence-electron chi connectivity index (χ2n) is 5.84. The molecule has 118 valence electrons. The molecule has 0 aromatic carbocycles. The summed E-state index contributed by atoms with van der Waals surface area (Å²) in [4.78, 5) is 14.5. The van der Waals surface area contributed by atoms with Crippen LogP contribution in [0.5, 0.6) is 0 Å². The number of carbonyl (C=O) groups is 1. The number of methoxy groups -OCH3 is 1. The lowest BCUT2D eigenvalue weighted by molar-refractivity contribution is -0.126. The van der Waals surface area contributed by atoms with E-state index in [1.54, 1.807) is 7.11 Å². The van der Waals surface area contributed by atoms with E-state index in [0.29, 0.717) is 0 Å². The molecule has 1 fully saturated rings. The normalized spacial score (nSPS) is 20.0. The van der Waals surface area contributed by atoms with Crippen LogP contribution in [0, 0.1) is 5.92 Å². The largest absolute Gasteiger partial charge is 0.385 e. The minimum atomic E-state index is 0.208. The fraction of sp³-hybridized carbons (Fsp3) is 0.938. The highest BCUT2D eigenvalue weighted by molar-refractivity contribution is 5.78. The zero-order chi connectivity index (χ0) is 14.6. The highest BCUT2D eigenvalue weighted by atomic mass is 16.5. The monoisotopic (exact) mass is 284 g/mol. The van der Waals surface area contributed by atoms with Gasteiger partial charge < -0.3 is 15.0 Å². The molecule has 4 nitrogen and oxygen atoms in total. The van der Waals surface area contributed by atoms with Gasteiger partial charge in [0.15, 0.2) is 0 Å². The first-order valence-electron chi connectivity index (χ1n) is 8.27. The summed E-state index contributed by atoms with van der Waals surface area (Å²) in [6, 6.07) is 0. The van der Waals surface area contributed by atoms with Crippen molar-refractivity contribution in [2.75, 3.05) is 39.9 Å². The van der Waals surface area contributed by atoms with Crippen LogP contribution >= 0.6 is 0 Å². The first kappa shape index (κ1) is 17.4. The van der Waals surface area contributed by atoms with Crippen molar-refractivity contribution in [3.8, 4) is 0 Å². The number of likely N-dealkylation sites (tertiary alicyclic amines) is 1. The van der Waals surface area contributed by atoms with Gasteiger partial charge in [0.2, 0.25) is 5.91 Å². The van der Waals surface area contributed by atoms with Crippen LogP contribution in [0.2, 0.25) is 0 Å². The molecule has 1 heterocycles. The van der Waals surface area contributed by atoms with E-state index in [9.17, 15) is 4.79 Å². The van der Waals surface area contributed by atoms with Gasteiger partial charge in [-0.25, -0.2) is 0 Å². The summed E-state index contributed by atoms with van der Waals surface area (Å²) in [6.45, 7) is 7.08. The maximum Gasteiger partial charge on any atom is 0.224 e. The van der Waals surface area contributed by atoms with Crippen LogP contribution in [0.15, 0.2) is 0 Å². The third-order valence-electron chi connectivity index (χ3n) is 4.03. The second kappa shape index (κ2) is 11.1. The van der Waals surface area contributed by atoms with Crippen molar-refractivity contribution in [2.45, 2.75) is 51.9 Å². The number of hydrogen-bond donors (Lipinski definition) is 1. The fourth-order valence-electron chi connectivity index (χ4n) is 2.76. The first-order chi connectivity index (χ1) is 9.77. The zero-order valence-corrected chi connectivity index (χ0v) is 13.3. The third kappa shape index (κ3) is 7.25. The molecule has 1 unspecified atom stereocenters. The van der Waals surface area contributed by atoms with E-state index in [-0.39, 0.29) is 11.8 Å². The lowest BCUT2D eigenvalue weighted by Gasteiger charge is -2.32. The summed E-state index contributed by atoms with van der Waals surface area (Å²) in [6.07, 6.45) is 8.01. The molecule has 0 aromatic heterocycles. The highest BCUT2D eigenvalue weighted by Crippen LogP contribution is 2.17. The van der Waals surface area contributed by atoms with Crippen LogP contribution in [0.4, 0.5) is 0 Å². The SMILES string of the molecule is CCCCNC(=O)C1CCCN(CCCCCOC)C1. The van der Waals surface area contributed by atoms with Gasteiger partial charge >= 0.3 is 0 Å². The summed E-state index contributed by atoms with van der Waals surface area (Å²) >= 11 is 0. The Labute approximate surface area is 124 Å². The van der Waals surface area contributed by atoms with Crippen molar-refractivity contribution in [1.29, 1.82) is 0 Å². The molecular formula is C16H32N2O2. The van der Waals surface area contributed by atoms with Crippen molar-refractivity contribution in [2.24, 2.45) is 5.92 Å².